The minimum absolute atomic E-state index is 0.266. The van der Waals surface area contributed by atoms with E-state index in [0.717, 1.165) is 5.69 Å². The van der Waals surface area contributed by atoms with Crippen molar-refractivity contribution in [3.05, 3.63) is 18.0 Å². The molecule has 1 aromatic heterocycles. The van der Waals surface area contributed by atoms with E-state index in [9.17, 15) is 14.4 Å². The number of nitrogens with zero attached hydrogens (tertiary/aromatic N) is 2. The van der Waals surface area contributed by atoms with Crippen LogP contribution < -0.4 is 10.6 Å². The molecule has 0 unspecified atom stereocenters. The highest BCUT2D eigenvalue weighted by molar-refractivity contribution is 5.86. The lowest BCUT2D eigenvalue weighted by atomic mass is 10.2. The van der Waals surface area contributed by atoms with Crippen LogP contribution in [0.1, 0.15) is 12.1 Å². The van der Waals surface area contributed by atoms with Gasteiger partial charge < -0.3 is 20.8 Å². The Bertz CT molecular complexity index is 499. The Morgan fingerprint density at radius 2 is 2.10 bits per heavy atom. The highest BCUT2D eigenvalue weighted by atomic mass is 16.4. The lowest BCUT2D eigenvalue weighted by Crippen LogP contribution is -2.47. The number of urea groups is 1. The summed E-state index contributed by atoms with van der Waals surface area (Å²) < 4.78 is 1.63. The summed E-state index contributed by atoms with van der Waals surface area (Å²) >= 11 is 0. The van der Waals surface area contributed by atoms with Crippen LogP contribution in [0, 0.1) is 0 Å². The van der Waals surface area contributed by atoms with E-state index in [4.69, 9.17) is 10.2 Å². The monoisotopic (exact) mass is 284 g/mol. The summed E-state index contributed by atoms with van der Waals surface area (Å²) in [5.74, 6) is -2.70. The summed E-state index contributed by atoms with van der Waals surface area (Å²) in [6, 6.07) is -0.388. The Balaban J connectivity index is 2.34. The summed E-state index contributed by atoms with van der Waals surface area (Å²) in [4.78, 5) is 32.6. The second-order valence-electron chi connectivity index (χ2n) is 4.12. The molecule has 0 aromatic carbocycles. The van der Waals surface area contributed by atoms with Crippen molar-refractivity contribution in [3.8, 4) is 0 Å². The van der Waals surface area contributed by atoms with Crippen molar-refractivity contribution in [2.75, 3.05) is 6.54 Å². The van der Waals surface area contributed by atoms with Crippen molar-refractivity contribution in [2.24, 2.45) is 7.05 Å². The average Bonchev–Trinajstić information content (AvgIpc) is 2.73. The maximum Gasteiger partial charge on any atom is 0.326 e. The van der Waals surface area contributed by atoms with Crippen LogP contribution in [0.15, 0.2) is 12.3 Å². The fraction of sp³-hybridized carbons (Fsp3) is 0.455. The Morgan fingerprint density at radius 3 is 2.60 bits per heavy atom. The van der Waals surface area contributed by atoms with Gasteiger partial charge in [-0.25, -0.2) is 9.59 Å². The third kappa shape index (κ3) is 5.38. The number of aryl methyl sites for hydroxylation is 1. The van der Waals surface area contributed by atoms with E-state index in [1.54, 1.807) is 24.0 Å². The molecule has 9 heteroatoms. The quantitative estimate of drug-likeness (QED) is 0.517. The first kappa shape index (κ1) is 15.5. The Kier molecular flexibility index (Phi) is 5.51. The fourth-order valence-corrected chi connectivity index (χ4v) is 1.48. The first-order valence-electron chi connectivity index (χ1n) is 5.86. The second-order valence-corrected chi connectivity index (χ2v) is 4.12. The van der Waals surface area contributed by atoms with Crippen molar-refractivity contribution >= 4 is 18.0 Å². The maximum atomic E-state index is 11.4. The van der Waals surface area contributed by atoms with Gasteiger partial charge in [0.2, 0.25) is 0 Å². The van der Waals surface area contributed by atoms with E-state index >= 15 is 0 Å². The van der Waals surface area contributed by atoms with Gasteiger partial charge in [0, 0.05) is 26.2 Å². The normalized spacial score (nSPS) is 11.7. The predicted molar refractivity (Wildman–Crippen MR) is 67.1 cm³/mol. The van der Waals surface area contributed by atoms with Crippen molar-refractivity contribution < 1.29 is 24.6 Å². The van der Waals surface area contributed by atoms with Gasteiger partial charge in [-0.1, -0.05) is 0 Å². The van der Waals surface area contributed by atoms with Crippen LogP contribution in [0.3, 0.4) is 0 Å². The number of carbonyl (C=O) groups is 3. The number of hydrogen-bond donors (Lipinski definition) is 4. The summed E-state index contributed by atoms with van der Waals surface area (Å²) in [5, 5.41) is 25.9. The van der Waals surface area contributed by atoms with Gasteiger partial charge in [-0.2, -0.15) is 5.10 Å². The lowest BCUT2D eigenvalue weighted by Gasteiger charge is -2.12. The third-order valence-corrected chi connectivity index (χ3v) is 2.42. The third-order valence-electron chi connectivity index (χ3n) is 2.42. The Labute approximate surface area is 114 Å². The van der Waals surface area contributed by atoms with Crippen LogP contribution in [0.2, 0.25) is 0 Å². The summed E-state index contributed by atoms with van der Waals surface area (Å²) in [7, 11) is 1.77. The van der Waals surface area contributed by atoms with E-state index in [-0.39, 0.29) is 6.54 Å². The number of carboxylic acid groups (broad SMARTS) is 2. The molecular weight excluding hydrogens is 268 g/mol. The molecule has 1 rings (SSSR count). The number of amides is 2. The van der Waals surface area contributed by atoms with Gasteiger partial charge in [0.05, 0.1) is 12.1 Å². The molecule has 0 aliphatic carbocycles. The highest BCUT2D eigenvalue weighted by Crippen LogP contribution is 1.95. The number of carboxylic acids is 2. The molecule has 1 heterocycles. The predicted octanol–water partition coefficient (Wildman–Crippen LogP) is -0.810. The second kappa shape index (κ2) is 7.12. The first-order chi connectivity index (χ1) is 9.38. The smallest absolute Gasteiger partial charge is 0.326 e. The molecular formula is C11H16N4O5. The molecule has 1 aromatic rings. The molecule has 4 N–H and O–H groups in total. The summed E-state index contributed by atoms with van der Waals surface area (Å²) in [6.45, 7) is 0.266. The van der Waals surface area contributed by atoms with Crippen LogP contribution in [-0.2, 0) is 23.1 Å². The largest absolute Gasteiger partial charge is 0.481 e. The number of carbonyl (C=O) groups excluding carboxylic acids is 1. The molecule has 0 aliphatic heterocycles. The van der Waals surface area contributed by atoms with Crippen molar-refractivity contribution in [1.29, 1.82) is 0 Å². The van der Waals surface area contributed by atoms with E-state index in [1.165, 1.54) is 0 Å². The van der Waals surface area contributed by atoms with Crippen LogP contribution >= 0.6 is 0 Å². The molecule has 0 radical (unpaired) electrons. The van der Waals surface area contributed by atoms with Gasteiger partial charge in [0.15, 0.2) is 0 Å². The minimum Gasteiger partial charge on any atom is -0.481 e. The van der Waals surface area contributed by atoms with Crippen LogP contribution in [0.5, 0.6) is 0 Å². The molecule has 20 heavy (non-hydrogen) atoms. The molecule has 0 fully saturated rings. The average molecular weight is 284 g/mol. The Morgan fingerprint density at radius 1 is 1.40 bits per heavy atom. The molecule has 9 nitrogen and oxygen atoms in total. The summed E-state index contributed by atoms with van der Waals surface area (Å²) in [5.41, 5.74) is 0.785. The van der Waals surface area contributed by atoms with E-state index in [2.05, 4.69) is 15.7 Å². The fourth-order valence-electron chi connectivity index (χ4n) is 1.48. The standard InChI is InChI=1S/C11H16N4O5/c1-15-5-3-7(14-15)2-4-12-11(20)13-8(10(18)19)6-9(16)17/h3,5,8H,2,4,6H2,1H3,(H,16,17)(H,18,19)(H2,12,13,20)/t8-/m1/s1. The lowest BCUT2D eigenvalue weighted by molar-refractivity contribution is -0.145. The van der Waals surface area contributed by atoms with E-state index < -0.39 is 30.4 Å². The van der Waals surface area contributed by atoms with Crippen LogP contribution in [0.4, 0.5) is 4.79 Å². The SMILES string of the molecule is Cn1ccc(CCNC(=O)N[C@H](CC(=O)O)C(=O)O)n1. The van der Waals surface area contributed by atoms with E-state index in [1.807, 2.05) is 0 Å². The van der Waals surface area contributed by atoms with Gasteiger partial charge in [-0.3, -0.25) is 9.48 Å². The molecule has 0 spiro atoms. The Hall–Kier alpha value is -2.58. The number of rotatable bonds is 7. The van der Waals surface area contributed by atoms with Crippen LogP contribution in [-0.4, -0.2) is 50.5 Å². The van der Waals surface area contributed by atoms with Gasteiger partial charge >= 0.3 is 18.0 Å². The van der Waals surface area contributed by atoms with Gasteiger partial charge in [0.1, 0.15) is 6.04 Å². The number of hydrogen-bond acceptors (Lipinski definition) is 4. The highest BCUT2D eigenvalue weighted by Gasteiger charge is 2.22. The number of nitrogens with one attached hydrogen (secondary N) is 2. The first-order valence-corrected chi connectivity index (χ1v) is 5.86. The minimum atomic E-state index is -1.46. The van der Waals surface area contributed by atoms with Crippen molar-refractivity contribution in [2.45, 2.75) is 18.9 Å². The molecule has 1 atom stereocenters. The molecule has 0 saturated heterocycles. The van der Waals surface area contributed by atoms with Crippen LogP contribution in [0.25, 0.3) is 0 Å². The van der Waals surface area contributed by atoms with Gasteiger partial charge in [0.25, 0.3) is 0 Å². The summed E-state index contributed by atoms with van der Waals surface area (Å²) in [6.07, 6.45) is 1.58. The zero-order valence-electron chi connectivity index (χ0n) is 10.9. The molecule has 2 amide bonds. The van der Waals surface area contributed by atoms with Crippen molar-refractivity contribution in [3.63, 3.8) is 0 Å². The maximum absolute atomic E-state index is 11.4. The number of aromatic nitrogens is 2. The molecule has 0 bridgehead atoms. The topological polar surface area (TPSA) is 134 Å². The van der Waals surface area contributed by atoms with Gasteiger partial charge in [-0.15, -0.1) is 0 Å². The van der Waals surface area contributed by atoms with Crippen molar-refractivity contribution in [1.82, 2.24) is 20.4 Å². The van der Waals surface area contributed by atoms with Gasteiger partial charge in [-0.05, 0) is 6.07 Å². The molecule has 0 aliphatic rings. The number of aliphatic carboxylic acids is 2. The van der Waals surface area contributed by atoms with E-state index in [0.29, 0.717) is 6.42 Å². The zero-order chi connectivity index (χ0) is 15.1. The molecule has 0 saturated carbocycles. The molecule has 110 valence electrons. The zero-order valence-corrected chi connectivity index (χ0v) is 10.9.